The normalized spacial score (nSPS) is 11.7. The van der Waals surface area contributed by atoms with E-state index in [0.717, 1.165) is 0 Å². The smallest absolute Gasteiger partial charge is 0.264 e. The quantitative estimate of drug-likeness (QED) is 0.810. The van der Waals surface area contributed by atoms with Crippen molar-refractivity contribution in [2.24, 2.45) is 12.5 Å². The average Bonchev–Trinajstić information content (AvgIpc) is 2.71. The lowest BCUT2D eigenvalue weighted by atomic mass is 9.91. The molecule has 2 aromatic rings. The lowest BCUT2D eigenvalue weighted by Gasteiger charge is -2.15. The van der Waals surface area contributed by atoms with Gasteiger partial charge in [0.15, 0.2) is 5.65 Å². The summed E-state index contributed by atoms with van der Waals surface area (Å²) in [6.45, 7) is 4.19. The third-order valence-electron chi connectivity index (χ3n) is 3.00. The van der Waals surface area contributed by atoms with Gasteiger partial charge in [-0.15, -0.1) is 0 Å². The molecule has 0 unspecified atom stereocenters. The number of fused-ring (bicyclic) bond motifs is 1. The van der Waals surface area contributed by atoms with Crippen LogP contribution in [0.15, 0.2) is 17.3 Å². The summed E-state index contributed by atoms with van der Waals surface area (Å²) in [6, 6.07) is 2.22. The first kappa shape index (κ1) is 12.3. The summed E-state index contributed by atoms with van der Waals surface area (Å²) in [7, 11) is 1.75. The van der Waals surface area contributed by atoms with E-state index in [1.807, 2.05) is 13.8 Å². The van der Waals surface area contributed by atoms with Crippen molar-refractivity contribution in [3.05, 3.63) is 22.9 Å². The van der Waals surface area contributed by atoms with Crippen LogP contribution in [-0.2, 0) is 13.6 Å². The zero-order valence-electron chi connectivity index (χ0n) is 10.7. The van der Waals surface area contributed by atoms with Crippen LogP contribution in [0.4, 0.5) is 0 Å². The Bertz CT molecular complexity index is 674. The first-order valence-corrected chi connectivity index (χ1v) is 5.73. The molecule has 0 saturated heterocycles. The molecule has 0 fully saturated rings. The maximum atomic E-state index is 12.1. The van der Waals surface area contributed by atoms with Gasteiger partial charge in [-0.1, -0.05) is 0 Å². The fourth-order valence-electron chi connectivity index (χ4n) is 1.68. The van der Waals surface area contributed by atoms with Crippen LogP contribution >= 0.6 is 0 Å². The predicted molar refractivity (Wildman–Crippen MR) is 66.8 cm³/mol. The zero-order chi connectivity index (χ0) is 13.3. The van der Waals surface area contributed by atoms with E-state index in [2.05, 4.69) is 16.2 Å². The van der Waals surface area contributed by atoms with Gasteiger partial charge in [0.1, 0.15) is 5.39 Å². The first-order chi connectivity index (χ1) is 8.44. The van der Waals surface area contributed by atoms with Crippen molar-refractivity contribution >= 4 is 11.0 Å². The second-order valence-corrected chi connectivity index (χ2v) is 4.99. The molecule has 2 rings (SSSR count). The highest BCUT2D eigenvalue weighted by atomic mass is 16.1. The second kappa shape index (κ2) is 4.26. The highest BCUT2D eigenvalue weighted by molar-refractivity contribution is 5.72. The number of hydrogen-bond acceptors (Lipinski definition) is 4. The molecule has 94 valence electrons. The number of rotatable bonds is 3. The van der Waals surface area contributed by atoms with Crippen LogP contribution < -0.4 is 5.56 Å². The van der Waals surface area contributed by atoms with Crippen LogP contribution in [-0.4, -0.2) is 19.3 Å². The molecule has 0 atom stereocenters. The highest BCUT2D eigenvalue weighted by Gasteiger charge is 2.17. The SMILES string of the molecule is Cn1ncc2c(=O)n(CCC(C)(C)C#N)cnc21. The van der Waals surface area contributed by atoms with Gasteiger partial charge in [-0.05, 0) is 20.3 Å². The van der Waals surface area contributed by atoms with Gasteiger partial charge in [-0.2, -0.15) is 10.4 Å². The van der Waals surface area contributed by atoms with Gasteiger partial charge in [-0.25, -0.2) is 4.98 Å². The molecule has 0 aliphatic carbocycles. The van der Waals surface area contributed by atoms with Crippen molar-refractivity contribution in [1.82, 2.24) is 19.3 Å². The number of nitrogens with zero attached hydrogens (tertiary/aromatic N) is 5. The number of aromatic nitrogens is 4. The van der Waals surface area contributed by atoms with E-state index in [4.69, 9.17) is 5.26 Å². The van der Waals surface area contributed by atoms with Crippen molar-refractivity contribution in [3.63, 3.8) is 0 Å². The summed E-state index contributed by atoms with van der Waals surface area (Å²) >= 11 is 0. The fraction of sp³-hybridized carbons (Fsp3) is 0.500. The zero-order valence-corrected chi connectivity index (χ0v) is 10.7. The Balaban J connectivity index is 2.34. The van der Waals surface area contributed by atoms with E-state index in [9.17, 15) is 4.79 Å². The summed E-state index contributed by atoms with van der Waals surface area (Å²) in [5.74, 6) is 0. The maximum Gasteiger partial charge on any atom is 0.264 e. The predicted octanol–water partition coefficient (Wildman–Crippen LogP) is 1.07. The Kier molecular flexibility index (Phi) is 2.91. The molecule has 0 N–H and O–H groups in total. The van der Waals surface area contributed by atoms with Crippen LogP contribution in [0.2, 0.25) is 0 Å². The van der Waals surface area contributed by atoms with E-state index >= 15 is 0 Å². The van der Waals surface area contributed by atoms with E-state index in [0.29, 0.717) is 24.0 Å². The van der Waals surface area contributed by atoms with Gasteiger partial charge in [-0.3, -0.25) is 14.0 Å². The minimum Gasteiger partial charge on any atom is -0.299 e. The highest BCUT2D eigenvalue weighted by Crippen LogP contribution is 2.19. The third kappa shape index (κ3) is 2.12. The minimum atomic E-state index is -0.441. The second-order valence-electron chi connectivity index (χ2n) is 4.99. The van der Waals surface area contributed by atoms with Crippen LogP contribution in [0.3, 0.4) is 0 Å². The number of nitriles is 1. The molecule has 0 aliphatic rings. The van der Waals surface area contributed by atoms with Gasteiger partial charge in [0.25, 0.3) is 5.56 Å². The molecule has 2 aromatic heterocycles. The Hall–Kier alpha value is -2.16. The summed E-state index contributed by atoms with van der Waals surface area (Å²) < 4.78 is 3.10. The maximum absolute atomic E-state index is 12.1. The van der Waals surface area contributed by atoms with Crippen LogP contribution in [0.5, 0.6) is 0 Å². The molecular weight excluding hydrogens is 230 g/mol. The fourth-order valence-corrected chi connectivity index (χ4v) is 1.68. The molecule has 0 amide bonds. The lowest BCUT2D eigenvalue weighted by Crippen LogP contribution is -2.23. The standard InChI is InChI=1S/C12H15N5O/c1-12(2,7-13)4-5-17-8-14-10-9(11(17)18)6-15-16(10)3/h6,8H,4-5H2,1-3H3. The van der Waals surface area contributed by atoms with E-state index in [1.165, 1.54) is 17.1 Å². The lowest BCUT2D eigenvalue weighted by molar-refractivity contribution is 0.408. The number of hydrogen-bond donors (Lipinski definition) is 0. The molecule has 0 saturated carbocycles. The van der Waals surface area contributed by atoms with E-state index in [1.54, 1.807) is 11.7 Å². The average molecular weight is 245 g/mol. The summed E-state index contributed by atoms with van der Waals surface area (Å²) in [4.78, 5) is 16.3. The summed E-state index contributed by atoms with van der Waals surface area (Å²) in [5.41, 5.74) is 0.0289. The van der Waals surface area contributed by atoms with Crippen LogP contribution in [0.1, 0.15) is 20.3 Å². The molecule has 0 radical (unpaired) electrons. The van der Waals surface area contributed by atoms with Crippen LogP contribution in [0, 0.1) is 16.7 Å². The molecule has 0 spiro atoms. The van der Waals surface area contributed by atoms with E-state index < -0.39 is 5.41 Å². The van der Waals surface area contributed by atoms with Gasteiger partial charge < -0.3 is 0 Å². The third-order valence-corrected chi connectivity index (χ3v) is 3.00. The van der Waals surface area contributed by atoms with E-state index in [-0.39, 0.29) is 5.56 Å². The molecule has 6 nitrogen and oxygen atoms in total. The molecule has 2 heterocycles. The van der Waals surface area contributed by atoms with Gasteiger partial charge in [0.2, 0.25) is 0 Å². The molecule has 0 aromatic carbocycles. The van der Waals surface area contributed by atoms with Crippen molar-refractivity contribution in [2.75, 3.05) is 0 Å². The minimum absolute atomic E-state index is 0.109. The van der Waals surface area contributed by atoms with Crippen molar-refractivity contribution in [2.45, 2.75) is 26.8 Å². The Morgan fingerprint density at radius 1 is 1.50 bits per heavy atom. The molecule has 0 aliphatic heterocycles. The van der Waals surface area contributed by atoms with Crippen LogP contribution in [0.25, 0.3) is 11.0 Å². The van der Waals surface area contributed by atoms with Gasteiger partial charge in [0, 0.05) is 13.6 Å². The molecule has 6 heteroatoms. The van der Waals surface area contributed by atoms with Crippen molar-refractivity contribution in [1.29, 1.82) is 5.26 Å². The monoisotopic (exact) mass is 245 g/mol. The summed E-state index contributed by atoms with van der Waals surface area (Å²) in [6.07, 6.45) is 3.65. The van der Waals surface area contributed by atoms with Crippen molar-refractivity contribution in [3.8, 4) is 6.07 Å². The number of aryl methyl sites for hydroxylation is 2. The summed E-state index contributed by atoms with van der Waals surface area (Å²) in [5, 5.41) is 13.5. The molecular formula is C12H15N5O. The Morgan fingerprint density at radius 3 is 2.89 bits per heavy atom. The van der Waals surface area contributed by atoms with Crippen molar-refractivity contribution < 1.29 is 0 Å². The first-order valence-electron chi connectivity index (χ1n) is 5.73. The Labute approximate surface area is 104 Å². The van der Waals surface area contributed by atoms with Gasteiger partial charge in [0.05, 0.1) is 24.0 Å². The Morgan fingerprint density at radius 2 is 2.22 bits per heavy atom. The largest absolute Gasteiger partial charge is 0.299 e. The molecule has 0 bridgehead atoms. The molecule has 18 heavy (non-hydrogen) atoms. The topological polar surface area (TPSA) is 76.5 Å². The van der Waals surface area contributed by atoms with Gasteiger partial charge >= 0.3 is 0 Å².